The molecule has 0 saturated carbocycles. The molecule has 4 N–H and O–H groups in total. The van der Waals surface area contributed by atoms with Crippen molar-refractivity contribution in [3.63, 3.8) is 0 Å². The average molecular weight is 344 g/mol. The van der Waals surface area contributed by atoms with Crippen LogP contribution in [0.5, 0.6) is 0 Å². The highest BCUT2D eigenvalue weighted by atomic mass is 79.9. The van der Waals surface area contributed by atoms with Crippen molar-refractivity contribution < 1.29 is 0 Å². The van der Waals surface area contributed by atoms with Gasteiger partial charge in [0.05, 0.1) is 11.2 Å². The molecule has 0 aliphatic carbocycles. The van der Waals surface area contributed by atoms with E-state index in [9.17, 15) is 0 Å². The Morgan fingerprint density at radius 1 is 1.05 bits per heavy atom. The summed E-state index contributed by atoms with van der Waals surface area (Å²) in [6, 6.07) is 13.8. The van der Waals surface area contributed by atoms with E-state index in [2.05, 4.69) is 36.6 Å². The van der Waals surface area contributed by atoms with Gasteiger partial charge in [-0.3, -0.25) is 5.43 Å². The molecule has 21 heavy (non-hydrogen) atoms. The number of aryl methyl sites for hydroxylation is 1. The minimum absolute atomic E-state index is 0.375. The van der Waals surface area contributed by atoms with E-state index in [4.69, 9.17) is 5.84 Å². The summed E-state index contributed by atoms with van der Waals surface area (Å²) >= 11 is 3.59. The van der Waals surface area contributed by atoms with Gasteiger partial charge in [-0.15, -0.1) is 0 Å². The first kappa shape index (κ1) is 13.8. The Labute approximate surface area is 130 Å². The van der Waals surface area contributed by atoms with Crippen molar-refractivity contribution in [2.75, 3.05) is 10.7 Å². The highest BCUT2D eigenvalue weighted by Crippen LogP contribution is 2.31. The lowest BCUT2D eigenvalue weighted by Gasteiger charge is -2.12. The number of anilines is 3. The summed E-state index contributed by atoms with van der Waals surface area (Å²) in [5.41, 5.74) is 5.42. The SMILES string of the molecule is Cc1cccc(Nc2nc(NN)nc3ccccc23)c1Br. The number of nitrogens with two attached hydrogens (primary N) is 1. The Bertz CT molecular complexity index is 803. The second-order valence-corrected chi connectivity index (χ2v) is 5.41. The number of hydrogen-bond donors (Lipinski definition) is 3. The molecule has 106 valence electrons. The third-order valence-electron chi connectivity index (χ3n) is 3.18. The van der Waals surface area contributed by atoms with Crippen LogP contribution in [0.2, 0.25) is 0 Å². The normalized spacial score (nSPS) is 10.6. The van der Waals surface area contributed by atoms with E-state index in [1.807, 2.05) is 49.4 Å². The van der Waals surface area contributed by atoms with Crippen LogP contribution in [0.3, 0.4) is 0 Å². The van der Waals surface area contributed by atoms with Crippen molar-refractivity contribution in [1.82, 2.24) is 9.97 Å². The number of hydrazine groups is 1. The van der Waals surface area contributed by atoms with Gasteiger partial charge in [-0.05, 0) is 46.6 Å². The topological polar surface area (TPSA) is 75.9 Å². The van der Waals surface area contributed by atoms with Crippen LogP contribution in [-0.4, -0.2) is 9.97 Å². The molecule has 0 radical (unpaired) electrons. The number of para-hydroxylation sites is 1. The highest BCUT2D eigenvalue weighted by Gasteiger charge is 2.09. The molecule has 0 spiro atoms. The molecule has 1 aromatic heterocycles. The third-order valence-corrected chi connectivity index (χ3v) is 4.23. The third kappa shape index (κ3) is 2.68. The molecule has 3 rings (SSSR count). The first-order chi connectivity index (χ1) is 10.2. The van der Waals surface area contributed by atoms with Gasteiger partial charge < -0.3 is 5.32 Å². The van der Waals surface area contributed by atoms with Gasteiger partial charge in [0.15, 0.2) is 0 Å². The van der Waals surface area contributed by atoms with Gasteiger partial charge in [-0.25, -0.2) is 10.8 Å². The number of rotatable bonds is 3. The van der Waals surface area contributed by atoms with E-state index in [0.717, 1.165) is 26.6 Å². The average Bonchev–Trinajstić information content (AvgIpc) is 2.51. The Kier molecular flexibility index (Phi) is 3.72. The van der Waals surface area contributed by atoms with Gasteiger partial charge in [0.1, 0.15) is 5.82 Å². The predicted molar refractivity (Wildman–Crippen MR) is 89.5 cm³/mol. The maximum Gasteiger partial charge on any atom is 0.239 e. The van der Waals surface area contributed by atoms with E-state index in [1.54, 1.807) is 0 Å². The fraction of sp³-hybridized carbons (Fsp3) is 0.0667. The van der Waals surface area contributed by atoms with Crippen molar-refractivity contribution in [1.29, 1.82) is 0 Å². The molecule has 5 nitrogen and oxygen atoms in total. The Hall–Kier alpha value is -2.18. The van der Waals surface area contributed by atoms with Gasteiger partial charge in [-0.1, -0.05) is 24.3 Å². The van der Waals surface area contributed by atoms with Crippen LogP contribution in [0.1, 0.15) is 5.56 Å². The highest BCUT2D eigenvalue weighted by molar-refractivity contribution is 9.10. The molecule has 0 atom stereocenters. The van der Waals surface area contributed by atoms with E-state index >= 15 is 0 Å². The number of nitrogen functional groups attached to an aromatic ring is 1. The lowest BCUT2D eigenvalue weighted by Crippen LogP contribution is -2.11. The lowest BCUT2D eigenvalue weighted by molar-refractivity contribution is 1.15. The molecule has 1 heterocycles. The monoisotopic (exact) mass is 343 g/mol. The molecule has 0 unspecified atom stereocenters. The first-order valence-electron chi connectivity index (χ1n) is 6.44. The Morgan fingerprint density at radius 2 is 1.86 bits per heavy atom. The standard InChI is InChI=1S/C15H14BrN5/c1-9-5-4-8-12(13(9)16)18-14-10-6-2-3-7-11(10)19-15(20-14)21-17/h2-8H,17H2,1H3,(H2,18,19,20,21). The summed E-state index contributed by atoms with van der Waals surface area (Å²) in [6.07, 6.45) is 0. The summed E-state index contributed by atoms with van der Waals surface area (Å²) in [4.78, 5) is 8.74. The van der Waals surface area contributed by atoms with Crippen molar-refractivity contribution in [3.05, 3.63) is 52.5 Å². The lowest BCUT2D eigenvalue weighted by atomic mass is 10.2. The van der Waals surface area contributed by atoms with Gasteiger partial charge in [0.25, 0.3) is 0 Å². The molecule has 2 aromatic carbocycles. The zero-order valence-corrected chi connectivity index (χ0v) is 13.0. The molecular weight excluding hydrogens is 330 g/mol. The summed E-state index contributed by atoms with van der Waals surface area (Å²) in [5.74, 6) is 6.53. The van der Waals surface area contributed by atoms with Crippen molar-refractivity contribution >= 4 is 44.3 Å². The molecule has 0 aliphatic heterocycles. The summed E-state index contributed by atoms with van der Waals surface area (Å²) in [5, 5.41) is 4.27. The fourth-order valence-electron chi connectivity index (χ4n) is 2.11. The number of hydrogen-bond acceptors (Lipinski definition) is 5. The van der Waals surface area contributed by atoms with Gasteiger partial charge in [0, 0.05) is 9.86 Å². The molecule has 0 bridgehead atoms. The first-order valence-corrected chi connectivity index (χ1v) is 7.24. The van der Waals surface area contributed by atoms with Crippen molar-refractivity contribution in [3.8, 4) is 0 Å². The van der Waals surface area contributed by atoms with Crippen LogP contribution >= 0.6 is 15.9 Å². The van der Waals surface area contributed by atoms with Crippen LogP contribution < -0.4 is 16.6 Å². The number of benzene rings is 2. The molecule has 6 heteroatoms. The van der Waals surface area contributed by atoms with E-state index in [-0.39, 0.29) is 0 Å². The number of nitrogens with one attached hydrogen (secondary N) is 2. The fourth-order valence-corrected chi connectivity index (χ4v) is 2.47. The smallest absolute Gasteiger partial charge is 0.239 e. The Morgan fingerprint density at radius 3 is 2.67 bits per heavy atom. The largest absolute Gasteiger partial charge is 0.339 e. The summed E-state index contributed by atoms with van der Waals surface area (Å²) < 4.78 is 1.01. The minimum atomic E-state index is 0.375. The Balaban J connectivity index is 2.13. The molecule has 0 fully saturated rings. The zero-order chi connectivity index (χ0) is 14.8. The molecule has 3 aromatic rings. The number of halogens is 1. The zero-order valence-electron chi connectivity index (χ0n) is 11.4. The second kappa shape index (κ2) is 5.67. The van der Waals surface area contributed by atoms with Crippen LogP contribution in [0.15, 0.2) is 46.9 Å². The van der Waals surface area contributed by atoms with Crippen LogP contribution in [-0.2, 0) is 0 Å². The maximum atomic E-state index is 5.45. The van der Waals surface area contributed by atoms with E-state index in [0.29, 0.717) is 11.8 Å². The quantitative estimate of drug-likeness (QED) is 0.499. The van der Waals surface area contributed by atoms with Gasteiger partial charge in [-0.2, -0.15) is 4.98 Å². The van der Waals surface area contributed by atoms with Gasteiger partial charge in [0.2, 0.25) is 5.95 Å². The molecule has 0 amide bonds. The summed E-state index contributed by atoms with van der Waals surface area (Å²) in [7, 11) is 0. The van der Waals surface area contributed by atoms with Crippen LogP contribution in [0.25, 0.3) is 10.9 Å². The summed E-state index contributed by atoms with van der Waals surface area (Å²) in [6.45, 7) is 2.04. The second-order valence-electron chi connectivity index (χ2n) is 4.62. The predicted octanol–water partition coefficient (Wildman–Crippen LogP) is 3.73. The number of fused-ring (bicyclic) bond motifs is 1. The van der Waals surface area contributed by atoms with E-state index in [1.165, 1.54) is 0 Å². The molecular formula is C15H14BrN5. The van der Waals surface area contributed by atoms with E-state index < -0.39 is 0 Å². The minimum Gasteiger partial charge on any atom is -0.339 e. The molecule has 0 saturated heterocycles. The van der Waals surface area contributed by atoms with Crippen LogP contribution in [0, 0.1) is 6.92 Å². The number of aromatic nitrogens is 2. The van der Waals surface area contributed by atoms with Gasteiger partial charge >= 0.3 is 0 Å². The molecule has 0 aliphatic rings. The van der Waals surface area contributed by atoms with Crippen molar-refractivity contribution in [2.24, 2.45) is 5.84 Å². The number of nitrogens with zero attached hydrogens (tertiary/aromatic N) is 2. The van der Waals surface area contributed by atoms with Crippen LogP contribution in [0.4, 0.5) is 17.5 Å². The maximum absolute atomic E-state index is 5.45. The van der Waals surface area contributed by atoms with Crippen molar-refractivity contribution in [2.45, 2.75) is 6.92 Å².